The van der Waals surface area contributed by atoms with Crippen LogP contribution in [0.15, 0.2) is 59.6 Å². The van der Waals surface area contributed by atoms with E-state index in [0.29, 0.717) is 12.4 Å². The molecule has 5 heteroatoms. The second-order valence-electron chi connectivity index (χ2n) is 4.51. The number of aryl methyl sites for hydroxylation is 1. The molecule has 0 atom stereocenters. The van der Waals surface area contributed by atoms with E-state index in [0.717, 1.165) is 11.1 Å². The number of benzene rings is 2. The predicted molar refractivity (Wildman–Crippen MR) is 87.8 cm³/mol. The molecular weight excluding hydrogens is 302 g/mol. The van der Waals surface area contributed by atoms with Crippen LogP contribution in [0.3, 0.4) is 0 Å². The summed E-state index contributed by atoms with van der Waals surface area (Å²) < 4.78 is 0. The van der Waals surface area contributed by atoms with Crippen LogP contribution in [-0.4, -0.2) is 10.9 Å². The summed E-state index contributed by atoms with van der Waals surface area (Å²) in [5.74, 6) is 0.696. The van der Waals surface area contributed by atoms with E-state index in [1.807, 2.05) is 61.5 Å². The van der Waals surface area contributed by atoms with Crippen LogP contribution in [0.25, 0.3) is 0 Å². The molecule has 0 amide bonds. The smallest absolute Gasteiger partial charge is 0.169 e. The Morgan fingerprint density at radius 2 is 1.71 bits per heavy atom. The van der Waals surface area contributed by atoms with Crippen LogP contribution in [-0.2, 0) is 6.54 Å². The van der Waals surface area contributed by atoms with Gasteiger partial charge in [-0.3, -0.25) is 4.99 Å². The van der Waals surface area contributed by atoms with Crippen molar-refractivity contribution in [1.29, 1.82) is 0 Å². The van der Waals surface area contributed by atoms with Gasteiger partial charge in [-0.1, -0.05) is 60.2 Å². The molecule has 2 aromatic rings. The topological polar surface area (TPSA) is 50.4 Å². The molecule has 0 heterocycles. The lowest BCUT2D eigenvalue weighted by molar-refractivity contribution is -0.00000422. The Morgan fingerprint density at radius 1 is 1.10 bits per heavy atom. The van der Waals surface area contributed by atoms with Crippen molar-refractivity contribution in [3.8, 4) is 0 Å². The van der Waals surface area contributed by atoms with E-state index in [1.54, 1.807) is 0 Å². The summed E-state index contributed by atoms with van der Waals surface area (Å²) in [6.45, 7) is 2.63. The van der Waals surface area contributed by atoms with Crippen LogP contribution < -0.4 is 23.5 Å². The summed E-state index contributed by atoms with van der Waals surface area (Å²) in [6, 6.07) is 18.1. The first-order chi connectivity index (χ1) is 9.65. The average Bonchev–Trinajstić information content (AvgIpc) is 2.45. The highest BCUT2D eigenvalue weighted by molar-refractivity contribution is 7.80. The number of nitrogens with two attached hydrogens (primary N) is 1. The number of nitrogens with one attached hydrogen (secondary N) is 1. The molecule has 2 rings (SSSR count). The first-order valence-electron chi connectivity index (χ1n) is 6.37. The molecule has 0 radical (unpaired) electrons. The highest BCUT2D eigenvalue weighted by atomic mass is 35.5. The molecule has 0 fully saturated rings. The zero-order valence-electron chi connectivity index (χ0n) is 11.7. The van der Waals surface area contributed by atoms with Gasteiger partial charge in [0.05, 0.1) is 6.54 Å². The third-order valence-corrected chi connectivity index (χ3v) is 2.93. The van der Waals surface area contributed by atoms with Gasteiger partial charge in [-0.15, -0.1) is 0 Å². The summed E-state index contributed by atoms with van der Waals surface area (Å²) in [5, 5.41) is 3.16. The molecule has 2 aromatic carbocycles. The zero-order chi connectivity index (χ0) is 14.4. The lowest BCUT2D eigenvalue weighted by Crippen LogP contribution is -3.00. The van der Waals surface area contributed by atoms with Crippen LogP contribution in [0.2, 0.25) is 0 Å². The molecule has 0 saturated carbocycles. The van der Waals surface area contributed by atoms with E-state index in [2.05, 4.69) is 10.3 Å². The van der Waals surface area contributed by atoms with Gasteiger partial charge >= 0.3 is 0 Å². The van der Waals surface area contributed by atoms with Gasteiger partial charge in [0.1, 0.15) is 5.84 Å². The molecule has 0 aliphatic rings. The van der Waals surface area contributed by atoms with Gasteiger partial charge in [0.25, 0.3) is 0 Å². The second-order valence-corrected chi connectivity index (χ2v) is 4.95. The fraction of sp³-hybridized carbons (Fsp3) is 0.125. The quantitative estimate of drug-likeness (QED) is 0.467. The summed E-state index contributed by atoms with van der Waals surface area (Å²) in [4.78, 5) is 4.57. The number of hydrogen-bond donors (Lipinski definition) is 2. The fourth-order valence-corrected chi connectivity index (χ4v) is 1.88. The first-order valence-corrected chi connectivity index (χ1v) is 6.78. The molecule has 0 saturated heterocycles. The minimum Gasteiger partial charge on any atom is -1.00 e. The van der Waals surface area contributed by atoms with E-state index in [-0.39, 0.29) is 17.5 Å². The SMILES string of the molecule is Cc1ccc(C(=NCc2ccccc2)NC(N)=S)cc1.[Cl-]. The van der Waals surface area contributed by atoms with Crippen LogP contribution >= 0.6 is 12.2 Å². The number of hydrogen-bond acceptors (Lipinski definition) is 2. The third-order valence-electron chi connectivity index (χ3n) is 2.83. The van der Waals surface area contributed by atoms with Crippen LogP contribution in [0, 0.1) is 6.92 Å². The molecule has 110 valence electrons. The Morgan fingerprint density at radius 3 is 2.29 bits per heavy atom. The Hall–Kier alpha value is -1.91. The standard InChI is InChI=1S/C16H17N3S.ClH/c1-12-7-9-14(10-8-12)15(19-16(17)20)18-11-13-5-3-2-4-6-13;/h2-10H,11H2,1H3,(H3,17,18,19,20);1H/p-1. The maximum absolute atomic E-state index is 5.57. The molecular formula is C16H17ClN3S-. The number of amidine groups is 1. The normalized spacial score (nSPS) is 10.6. The van der Waals surface area contributed by atoms with Crippen molar-refractivity contribution in [2.45, 2.75) is 13.5 Å². The minimum atomic E-state index is 0. The maximum atomic E-state index is 5.57. The second kappa shape index (κ2) is 8.39. The molecule has 0 spiro atoms. The monoisotopic (exact) mass is 318 g/mol. The van der Waals surface area contributed by atoms with Crippen molar-refractivity contribution < 1.29 is 12.4 Å². The van der Waals surface area contributed by atoms with Gasteiger partial charge in [-0.25, -0.2) is 0 Å². The van der Waals surface area contributed by atoms with E-state index < -0.39 is 0 Å². The summed E-state index contributed by atoms with van der Waals surface area (Å²) >= 11 is 4.91. The Kier molecular flexibility index (Phi) is 6.85. The molecule has 21 heavy (non-hydrogen) atoms. The third kappa shape index (κ3) is 5.53. The highest BCUT2D eigenvalue weighted by Gasteiger charge is 2.04. The first kappa shape index (κ1) is 17.1. The van der Waals surface area contributed by atoms with Crippen molar-refractivity contribution in [1.82, 2.24) is 5.32 Å². The zero-order valence-corrected chi connectivity index (χ0v) is 13.3. The van der Waals surface area contributed by atoms with Crippen molar-refractivity contribution in [3.63, 3.8) is 0 Å². The van der Waals surface area contributed by atoms with Gasteiger partial charge < -0.3 is 23.5 Å². The molecule has 3 nitrogen and oxygen atoms in total. The van der Waals surface area contributed by atoms with Crippen molar-refractivity contribution >= 4 is 23.2 Å². The number of aliphatic imine (C=N–C) groups is 1. The number of nitrogens with zero attached hydrogens (tertiary/aromatic N) is 1. The molecule has 0 aliphatic carbocycles. The van der Waals surface area contributed by atoms with E-state index >= 15 is 0 Å². The predicted octanol–water partition coefficient (Wildman–Crippen LogP) is -0.221. The van der Waals surface area contributed by atoms with Gasteiger partial charge in [-0.2, -0.15) is 0 Å². The molecule has 0 aliphatic heterocycles. The lowest BCUT2D eigenvalue weighted by atomic mass is 10.1. The van der Waals surface area contributed by atoms with Gasteiger partial charge in [-0.05, 0) is 24.7 Å². The Bertz CT molecular complexity index is 609. The number of rotatable bonds is 3. The highest BCUT2D eigenvalue weighted by Crippen LogP contribution is 2.06. The van der Waals surface area contributed by atoms with Crippen LogP contribution in [0.4, 0.5) is 0 Å². The average molecular weight is 319 g/mol. The van der Waals surface area contributed by atoms with Crippen molar-refractivity contribution in [2.24, 2.45) is 10.7 Å². The Labute approximate surface area is 136 Å². The van der Waals surface area contributed by atoms with Gasteiger partial charge in [0.2, 0.25) is 0 Å². The van der Waals surface area contributed by atoms with Gasteiger partial charge in [0, 0.05) is 5.56 Å². The lowest BCUT2D eigenvalue weighted by Gasteiger charge is -2.09. The summed E-state index contributed by atoms with van der Waals surface area (Å²) in [6.07, 6.45) is 0. The van der Waals surface area contributed by atoms with E-state index in [9.17, 15) is 0 Å². The fourth-order valence-electron chi connectivity index (χ4n) is 1.78. The van der Waals surface area contributed by atoms with E-state index in [1.165, 1.54) is 5.56 Å². The maximum Gasteiger partial charge on any atom is 0.169 e. The summed E-state index contributed by atoms with van der Waals surface area (Å²) in [5.41, 5.74) is 8.88. The van der Waals surface area contributed by atoms with Crippen LogP contribution in [0.1, 0.15) is 16.7 Å². The van der Waals surface area contributed by atoms with Gasteiger partial charge in [0.15, 0.2) is 5.11 Å². The number of halogens is 1. The van der Waals surface area contributed by atoms with Crippen molar-refractivity contribution in [2.75, 3.05) is 0 Å². The Balaban J connectivity index is 0.00000220. The molecule has 0 bridgehead atoms. The van der Waals surface area contributed by atoms with Crippen LogP contribution in [0.5, 0.6) is 0 Å². The molecule has 0 aromatic heterocycles. The minimum absolute atomic E-state index is 0. The molecule has 3 N–H and O–H groups in total. The molecule has 0 unspecified atom stereocenters. The van der Waals surface area contributed by atoms with E-state index in [4.69, 9.17) is 18.0 Å². The number of thiocarbonyl (C=S) groups is 1. The summed E-state index contributed by atoms with van der Waals surface area (Å²) in [7, 11) is 0. The van der Waals surface area contributed by atoms with Crippen molar-refractivity contribution in [3.05, 3.63) is 71.3 Å². The largest absolute Gasteiger partial charge is 1.00 e.